The number of rotatable bonds is 3. The highest BCUT2D eigenvalue weighted by Crippen LogP contribution is 2.24. The molecule has 0 unspecified atom stereocenters. The maximum atomic E-state index is 11.9. The molecule has 0 radical (unpaired) electrons. The maximum Gasteiger partial charge on any atom is 0.228 e. The Labute approximate surface area is 96.0 Å². The van der Waals surface area contributed by atoms with E-state index in [1.165, 1.54) is 19.3 Å². The Morgan fingerprint density at radius 2 is 2.25 bits per heavy atom. The van der Waals surface area contributed by atoms with Gasteiger partial charge in [-0.15, -0.1) is 0 Å². The molecule has 2 rings (SSSR count). The van der Waals surface area contributed by atoms with Crippen molar-refractivity contribution >= 4 is 11.7 Å². The number of nitrogens with zero attached hydrogens (tertiary/aromatic N) is 2. The van der Waals surface area contributed by atoms with Crippen LogP contribution in [0.3, 0.4) is 0 Å². The third kappa shape index (κ3) is 2.62. The van der Waals surface area contributed by atoms with Gasteiger partial charge in [0.15, 0.2) is 5.82 Å². The molecular weight excluding hydrogens is 202 g/mol. The van der Waals surface area contributed by atoms with Crippen molar-refractivity contribution in [2.24, 2.45) is 5.92 Å². The zero-order chi connectivity index (χ0) is 11.4. The van der Waals surface area contributed by atoms with Gasteiger partial charge in [-0.2, -0.15) is 5.10 Å². The van der Waals surface area contributed by atoms with E-state index in [1.807, 2.05) is 23.9 Å². The normalized spacial score (nSPS) is 17.3. The van der Waals surface area contributed by atoms with Crippen molar-refractivity contribution < 1.29 is 4.79 Å². The summed E-state index contributed by atoms with van der Waals surface area (Å²) in [6.07, 6.45) is 7.58. The van der Waals surface area contributed by atoms with Crippen LogP contribution in [0.1, 0.15) is 39.0 Å². The van der Waals surface area contributed by atoms with E-state index in [4.69, 9.17) is 0 Å². The zero-order valence-electron chi connectivity index (χ0n) is 9.78. The summed E-state index contributed by atoms with van der Waals surface area (Å²) in [7, 11) is 0. The van der Waals surface area contributed by atoms with E-state index in [-0.39, 0.29) is 11.8 Å². The Balaban J connectivity index is 1.90. The third-order valence-electron chi connectivity index (χ3n) is 3.19. The van der Waals surface area contributed by atoms with Crippen molar-refractivity contribution in [1.82, 2.24) is 9.78 Å². The number of anilines is 1. The van der Waals surface area contributed by atoms with Gasteiger partial charge in [0.25, 0.3) is 0 Å². The van der Waals surface area contributed by atoms with Crippen molar-refractivity contribution in [1.29, 1.82) is 0 Å². The van der Waals surface area contributed by atoms with Gasteiger partial charge >= 0.3 is 0 Å². The molecule has 4 nitrogen and oxygen atoms in total. The molecular formula is C12H19N3O. The number of hydrogen-bond acceptors (Lipinski definition) is 2. The second-order valence-electron chi connectivity index (χ2n) is 4.38. The Hall–Kier alpha value is -1.32. The Bertz CT molecular complexity index is 353. The monoisotopic (exact) mass is 221 g/mol. The van der Waals surface area contributed by atoms with Crippen molar-refractivity contribution in [2.75, 3.05) is 5.32 Å². The van der Waals surface area contributed by atoms with Crippen LogP contribution in [0.15, 0.2) is 12.3 Å². The lowest BCUT2D eigenvalue weighted by atomic mass is 9.89. The molecule has 1 aromatic heterocycles. The van der Waals surface area contributed by atoms with Crippen LogP contribution in [0.4, 0.5) is 5.82 Å². The second-order valence-corrected chi connectivity index (χ2v) is 4.38. The summed E-state index contributed by atoms with van der Waals surface area (Å²) in [5.41, 5.74) is 0. The lowest BCUT2D eigenvalue weighted by Gasteiger charge is -2.19. The van der Waals surface area contributed by atoms with E-state index in [1.54, 1.807) is 0 Å². The van der Waals surface area contributed by atoms with E-state index in [2.05, 4.69) is 10.4 Å². The lowest BCUT2D eigenvalue weighted by molar-refractivity contribution is -0.120. The minimum absolute atomic E-state index is 0.140. The highest BCUT2D eigenvalue weighted by atomic mass is 16.1. The van der Waals surface area contributed by atoms with Crippen LogP contribution in [0.25, 0.3) is 0 Å². The molecule has 1 fully saturated rings. The van der Waals surface area contributed by atoms with Gasteiger partial charge in [-0.1, -0.05) is 19.3 Å². The SMILES string of the molecule is CCn1ccc(NC(=O)C2CCCCC2)n1. The first-order chi connectivity index (χ1) is 7.79. The summed E-state index contributed by atoms with van der Waals surface area (Å²) in [6, 6.07) is 1.85. The number of aryl methyl sites for hydroxylation is 1. The van der Waals surface area contributed by atoms with Crippen molar-refractivity contribution in [3.8, 4) is 0 Å². The van der Waals surface area contributed by atoms with Gasteiger partial charge in [0.05, 0.1) is 0 Å². The lowest BCUT2D eigenvalue weighted by Crippen LogP contribution is -2.24. The predicted molar refractivity (Wildman–Crippen MR) is 63.1 cm³/mol. The first-order valence-electron chi connectivity index (χ1n) is 6.14. The molecule has 0 aromatic carbocycles. The minimum Gasteiger partial charge on any atom is -0.309 e. The molecule has 1 heterocycles. The number of hydrogen-bond donors (Lipinski definition) is 1. The van der Waals surface area contributed by atoms with Gasteiger partial charge in [0.1, 0.15) is 0 Å². The average molecular weight is 221 g/mol. The first-order valence-corrected chi connectivity index (χ1v) is 6.14. The first kappa shape index (κ1) is 11.2. The summed E-state index contributed by atoms with van der Waals surface area (Å²) >= 11 is 0. The van der Waals surface area contributed by atoms with Crippen LogP contribution in [-0.2, 0) is 11.3 Å². The zero-order valence-corrected chi connectivity index (χ0v) is 9.78. The van der Waals surface area contributed by atoms with E-state index < -0.39 is 0 Å². The molecule has 4 heteroatoms. The predicted octanol–water partition coefficient (Wildman–Crippen LogP) is 2.42. The molecule has 88 valence electrons. The Morgan fingerprint density at radius 3 is 2.88 bits per heavy atom. The van der Waals surface area contributed by atoms with Crippen LogP contribution in [0.2, 0.25) is 0 Å². The number of aromatic nitrogens is 2. The molecule has 0 bridgehead atoms. The smallest absolute Gasteiger partial charge is 0.228 e. The van der Waals surface area contributed by atoms with E-state index in [9.17, 15) is 4.79 Å². The summed E-state index contributed by atoms with van der Waals surface area (Å²) in [5.74, 6) is 1.01. The molecule has 1 aliphatic rings. The van der Waals surface area contributed by atoms with Crippen LogP contribution >= 0.6 is 0 Å². The molecule has 0 saturated heterocycles. The Kier molecular flexibility index (Phi) is 3.59. The molecule has 1 saturated carbocycles. The van der Waals surface area contributed by atoms with E-state index >= 15 is 0 Å². The summed E-state index contributed by atoms with van der Waals surface area (Å²) < 4.78 is 1.82. The van der Waals surface area contributed by atoms with E-state index in [0.29, 0.717) is 5.82 Å². The van der Waals surface area contributed by atoms with Crippen LogP contribution in [-0.4, -0.2) is 15.7 Å². The van der Waals surface area contributed by atoms with Gasteiger partial charge < -0.3 is 5.32 Å². The maximum absolute atomic E-state index is 11.9. The second kappa shape index (κ2) is 5.14. The van der Waals surface area contributed by atoms with E-state index in [0.717, 1.165) is 19.4 Å². The van der Waals surface area contributed by atoms with Crippen LogP contribution in [0.5, 0.6) is 0 Å². The number of carbonyl (C=O) groups is 1. The fourth-order valence-corrected chi connectivity index (χ4v) is 2.20. The van der Waals surface area contributed by atoms with Gasteiger partial charge in [0.2, 0.25) is 5.91 Å². The molecule has 0 atom stereocenters. The topological polar surface area (TPSA) is 46.9 Å². The van der Waals surface area contributed by atoms with Crippen molar-refractivity contribution in [3.05, 3.63) is 12.3 Å². The Morgan fingerprint density at radius 1 is 1.50 bits per heavy atom. The third-order valence-corrected chi connectivity index (χ3v) is 3.19. The molecule has 1 aliphatic carbocycles. The highest BCUT2D eigenvalue weighted by Gasteiger charge is 2.21. The largest absolute Gasteiger partial charge is 0.309 e. The number of amides is 1. The summed E-state index contributed by atoms with van der Waals surface area (Å²) in [6.45, 7) is 2.86. The fourth-order valence-electron chi connectivity index (χ4n) is 2.20. The molecule has 0 aliphatic heterocycles. The number of carbonyl (C=O) groups excluding carboxylic acids is 1. The molecule has 0 spiro atoms. The molecule has 1 aromatic rings. The van der Waals surface area contributed by atoms with Gasteiger partial charge in [0, 0.05) is 24.7 Å². The van der Waals surface area contributed by atoms with Crippen LogP contribution < -0.4 is 5.32 Å². The molecule has 1 amide bonds. The highest BCUT2D eigenvalue weighted by molar-refractivity contribution is 5.91. The summed E-state index contributed by atoms with van der Waals surface area (Å²) in [4.78, 5) is 11.9. The van der Waals surface area contributed by atoms with Gasteiger partial charge in [-0.25, -0.2) is 0 Å². The van der Waals surface area contributed by atoms with Gasteiger partial charge in [-0.05, 0) is 19.8 Å². The standard InChI is InChI=1S/C12H19N3O/c1-2-15-9-8-11(14-15)13-12(16)10-6-4-3-5-7-10/h8-10H,2-7H2,1H3,(H,13,14,16). The quantitative estimate of drug-likeness (QED) is 0.852. The van der Waals surface area contributed by atoms with Crippen LogP contribution in [0, 0.1) is 5.92 Å². The summed E-state index contributed by atoms with van der Waals surface area (Å²) in [5, 5.41) is 7.14. The van der Waals surface area contributed by atoms with Gasteiger partial charge in [-0.3, -0.25) is 9.48 Å². The molecule has 16 heavy (non-hydrogen) atoms. The average Bonchev–Trinajstić information content (AvgIpc) is 2.78. The van der Waals surface area contributed by atoms with Crippen molar-refractivity contribution in [3.63, 3.8) is 0 Å². The number of nitrogens with one attached hydrogen (secondary N) is 1. The minimum atomic E-state index is 0.140. The van der Waals surface area contributed by atoms with Crippen molar-refractivity contribution in [2.45, 2.75) is 45.6 Å². The fraction of sp³-hybridized carbons (Fsp3) is 0.667. The molecule has 1 N–H and O–H groups in total.